The SMILES string of the molecule is O=C(NCC[NH+]1CCCC1)c1cc(-c2ccccc2F)nn1-c1cccc(Cl)c1. The van der Waals surface area contributed by atoms with Crippen molar-refractivity contribution < 1.29 is 14.1 Å². The van der Waals surface area contributed by atoms with Gasteiger partial charge in [0.1, 0.15) is 11.5 Å². The molecule has 0 bridgehead atoms. The number of nitrogens with zero attached hydrogens (tertiary/aromatic N) is 2. The van der Waals surface area contributed by atoms with Gasteiger partial charge >= 0.3 is 0 Å². The topological polar surface area (TPSA) is 51.4 Å². The van der Waals surface area contributed by atoms with E-state index in [-0.39, 0.29) is 11.7 Å². The van der Waals surface area contributed by atoms with Gasteiger partial charge in [0, 0.05) is 23.4 Å². The number of likely N-dealkylation sites (tertiary alicyclic amines) is 1. The van der Waals surface area contributed by atoms with Gasteiger partial charge in [-0.2, -0.15) is 5.10 Å². The lowest BCUT2D eigenvalue weighted by molar-refractivity contribution is -0.886. The zero-order valence-electron chi connectivity index (χ0n) is 16.0. The van der Waals surface area contributed by atoms with Gasteiger partial charge in [0.2, 0.25) is 0 Å². The molecule has 2 heterocycles. The minimum Gasteiger partial charge on any atom is -0.345 e. The molecule has 1 saturated heterocycles. The monoisotopic (exact) mass is 413 g/mol. The first-order valence-corrected chi connectivity index (χ1v) is 10.2. The Labute approximate surface area is 174 Å². The van der Waals surface area contributed by atoms with Gasteiger partial charge in [-0.25, -0.2) is 9.07 Å². The Balaban J connectivity index is 1.63. The van der Waals surface area contributed by atoms with E-state index in [4.69, 9.17) is 11.6 Å². The predicted octanol–water partition coefficient (Wildman–Crippen LogP) is 2.74. The summed E-state index contributed by atoms with van der Waals surface area (Å²) in [6.07, 6.45) is 2.49. The Kier molecular flexibility index (Phi) is 5.92. The molecule has 1 aromatic heterocycles. The van der Waals surface area contributed by atoms with Crippen LogP contribution >= 0.6 is 11.6 Å². The van der Waals surface area contributed by atoms with E-state index in [2.05, 4.69) is 10.4 Å². The first-order chi connectivity index (χ1) is 14.1. The smallest absolute Gasteiger partial charge is 0.270 e. The standard InChI is InChI=1S/C22H22ClFN4O/c23-16-6-5-7-17(14-16)28-21(22(29)25-10-13-27-11-3-4-12-27)15-20(26-28)18-8-1-2-9-19(18)24/h1-2,5-9,14-15H,3-4,10-13H2,(H,25,29)/p+1. The molecule has 0 aliphatic carbocycles. The number of carbonyl (C=O) groups excluding carboxylic acids is 1. The molecule has 1 fully saturated rings. The Morgan fingerprint density at radius 2 is 1.93 bits per heavy atom. The Morgan fingerprint density at radius 1 is 1.14 bits per heavy atom. The number of amides is 1. The summed E-state index contributed by atoms with van der Waals surface area (Å²) in [7, 11) is 0. The van der Waals surface area contributed by atoms with Crippen LogP contribution in [0.3, 0.4) is 0 Å². The van der Waals surface area contributed by atoms with E-state index in [1.807, 2.05) is 6.07 Å². The number of nitrogens with one attached hydrogen (secondary N) is 2. The lowest BCUT2D eigenvalue weighted by atomic mass is 10.1. The lowest BCUT2D eigenvalue weighted by Crippen LogP contribution is -3.10. The molecule has 0 atom stereocenters. The summed E-state index contributed by atoms with van der Waals surface area (Å²) in [6.45, 7) is 3.81. The summed E-state index contributed by atoms with van der Waals surface area (Å²) in [6, 6.07) is 15.1. The average Bonchev–Trinajstić information content (AvgIpc) is 3.38. The summed E-state index contributed by atoms with van der Waals surface area (Å²) in [4.78, 5) is 14.4. The number of quaternary nitrogens is 1. The zero-order chi connectivity index (χ0) is 20.2. The van der Waals surface area contributed by atoms with Crippen molar-refractivity contribution in [2.45, 2.75) is 12.8 Å². The van der Waals surface area contributed by atoms with Crippen molar-refractivity contribution in [3.63, 3.8) is 0 Å². The summed E-state index contributed by atoms with van der Waals surface area (Å²) >= 11 is 6.13. The molecule has 2 aromatic carbocycles. The predicted molar refractivity (Wildman–Crippen MR) is 111 cm³/mol. The van der Waals surface area contributed by atoms with Gasteiger partial charge in [0.25, 0.3) is 5.91 Å². The molecule has 5 nitrogen and oxygen atoms in total. The van der Waals surface area contributed by atoms with Gasteiger partial charge in [-0.1, -0.05) is 29.8 Å². The van der Waals surface area contributed by atoms with Crippen LogP contribution in [0, 0.1) is 5.82 Å². The van der Waals surface area contributed by atoms with Crippen molar-refractivity contribution in [1.82, 2.24) is 15.1 Å². The van der Waals surface area contributed by atoms with Crippen LogP contribution in [0.1, 0.15) is 23.3 Å². The van der Waals surface area contributed by atoms with Gasteiger partial charge in [-0.15, -0.1) is 0 Å². The number of halogens is 2. The van der Waals surface area contributed by atoms with Crippen molar-refractivity contribution in [2.24, 2.45) is 0 Å². The third-order valence-electron chi connectivity index (χ3n) is 5.22. The Bertz CT molecular complexity index is 1010. The normalized spacial score (nSPS) is 14.3. The summed E-state index contributed by atoms with van der Waals surface area (Å²) in [5.41, 5.74) is 1.75. The van der Waals surface area contributed by atoms with Crippen LogP contribution in [-0.2, 0) is 0 Å². The van der Waals surface area contributed by atoms with Crippen LogP contribution in [0.15, 0.2) is 54.6 Å². The fourth-order valence-electron chi connectivity index (χ4n) is 3.72. The highest BCUT2D eigenvalue weighted by Crippen LogP contribution is 2.25. The number of hydrogen-bond donors (Lipinski definition) is 2. The minimum atomic E-state index is -0.382. The molecule has 29 heavy (non-hydrogen) atoms. The fourth-order valence-corrected chi connectivity index (χ4v) is 3.90. The second kappa shape index (κ2) is 8.76. The van der Waals surface area contributed by atoms with Crippen molar-refractivity contribution in [3.8, 4) is 16.9 Å². The van der Waals surface area contributed by atoms with Crippen LogP contribution in [0.2, 0.25) is 5.02 Å². The van der Waals surface area contributed by atoms with E-state index in [0.29, 0.717) is 34.2 Å². The van der Waals surface area contributed by atoms with Crippen molar-refractivity contribution in [1.29, 1.82) is 0 Å². The third-order valence-corrected chi connectivity index (χ3v) is 5.45. The molecule has 7 heteroatoms. The van der Waals surface area contributed by atoms with E-state index < -0.39 is 0 Å². The zero-order valence-corrected chi connectivity index (χ0v) is 16.8. The number of benzene rings is 2. The first kappa shape index (κ1) is 19.6. The highest BCUT2D eigenvalue weighted by molar-refractivity contribution is 6.30. The summed E-state index contributed by atoms with van der Waals surface area (Å²) < 4.78 is 15.8. The number of carbonyl (C=O) groups is 1. The molecule has 1 aliphatic rings. The van der Waals surface area contributed by atoms with Gasteiger partial charge in [0.05, 0.1) is 37.6 Å². The molecule has 0 radical (unpaired) electrons. The van der Waals surface area contributed by atoms with Gasteiger partial charge in [-0.3, -0.25) is 4.79 Å². The second-order valence-electron chi connectivity index (χ2n) is 7.25. The van der Waals surface area contributed by atoms with Crippen LogP contribution in [0.4, 0.5) is 4.39 Å². The quantitative estimate of drug-likeness (QED) is 0.653. The lowest BCUT2D eigenvalue weighted by Gasteiger charge is -2.13. The largest absolute Gasteiger partial charge is 0.345 e. The molecule has 1 amide bonds. The maximum Gasteiger partial charge on any atom is 0.270 e. The van der Waals surface area contributed by atoms with Crippen molar-refractivity contribution in [2.75, 3.05) is 26.2 Å². The van der Waals surface area contributed by atoms with Gasteiger partial charge in [-0.05, 0) is 36.4 Å². The average molecular weight is 414 g/mol. The number of rotatable bonds is 6. The molecule has 0 saturated carbocycles. The molecule has 3 aromatic rings. The van der Waals surface area contributed by atoms with E-state index in [0.717, 1.165) is 19.6 Å². The van der Waals surface area contributed by atoms with Crippen LogP contribution < -0.4 is 10.2 Å². The van der Waals surface area contributed by atoms with E-state index >= 15 is 0 Å². The molecular weight excluding hydrogens is 391 g/mol. The van der Waals surface area contributed by atoms with E-state index in [9.17, 15) is 9.18 Å². The second-order valence-corrected chi connectivity index (χ2v) is 7.69. The molecule has 150 valence electrons. The molecular formula is C22H23ClFN4O+. The maximum absolute atomic E-state index is 14.3. The summed E-state index contributed by atoms with van der Waals surface area (Å²) in [5, 5.41) is 8.03. The molecule has 0 unspecified atom stereocenters. The van der Waals surface area contributed by atoms with Crippen LogP contribution in [-0.4, -0.2) is 41.9 Å². The molecule has 1 aliphatic heterocycles. The first-order valence-electron chi connectivity index (χ1n) is 9.84. The summed E-state index contributed by atoms with van der Waals surface area (Å²) in [5.74, 6) is -0.619. The molecule has 4 rings (SSSR count). The van der Waals surface area contributed by atoms with E-state index in [1.165, 1.54) is 28.5 Å². The van der Waals surface area contributed by atoms with Gasteiger partial charge < -0.3 is 10.2 Å². The van der Waals surface area contributed by atoms with E-state index in [1.54, 1.807) is 42.5 Å². The van der Waals surface area contributed by atoms with Crippen LogP contribution in [0.5, 0.6) is 0 Å². The molecule has 0 spiro atoms. The highest BCUT2D eigenvalue weighted by atomic mass is 35.5. The maximum atomic E-state index is 14.3. The van der Waals surface area contributed by atoms with Gasteiger partial charge in [0.15, 0.2) is 0 Å². The number of hydrogen-bond acceptors (Lipinski definition) is 2. The Morgan fingerprint density at radius 3 is 2.69 bits per heavy atom. The fraction of sp³-hybridized carbons (Fsp3) is 0.273. The molecule has 2 N–H and O–H groups in total. The minimum absolute atomic E-state index is 0.237. The van der Waals surface area contributed by atoms with Crippen LogP contribution in [0.25, 0.3) is 16.9 Å². The highest BCUT2D eigenvalue weighted by Gasteiger charge is 2.20. The van der Waals surface area contributed by atoms with Crippen molar-refractivity contribution in [3.05, 3.63) is 71.1 Å². The Hall–Kier alpha value is -2.70. The van der Waals surface area contributed by atoms with Crippen molar-refractivity contribution >= 4 is 17.5 Å². The number of aromatic nitrogens is 2. The third kappa shape index (κ3) is 4.49.